The molecule has 8 rings (SSSR count). The number of methoxy groups -OCH3 is 1. The lowest BCUT2D eigenvalue weighted by Gasteiger charge is -2.52. The SMILES string of the molecule is COc1ccc(N=Nc2sc(N3NC(=O)C4C5c6ccccc6C(c6ccccc65)C4C3=O)nc2C)cc1. The Morgan fingerprint density at radius 1 is 0.842 bits per heavy atom. The summed E-state index contributed by atoms with van der Waals surface area (Å²) in [6.45, 7) is 1.82. The molecular weight excluding hydrogens is 498 g/mol. The molecule has 38 heavy (non-hydrogen) atoms. The van der Waals surface area contributed by atoms with Crippen LogP contribution < -0.4 is 15.2 Å². The van der Waals surface area contributed by atoms with Crippen molar-refractivity contribution >= 4 is 39.0 Å². The lowest BCUT2D eigenvalue weighted by molar-refractivity contribution is -0.142. The Hall–Kier alpha value is -4.37. The minimum atomic E-state index is -0.507. The normalized spacial score (nSPS) is 23.2. The van der Waals surface area contributed by atoms with E-state index in [1.165, 1.54) is 16.3 Å². The zero-order valence-electron chi connectivity index (χ0n) is 20.7. The van der Waals surface area contributed by atoms with Crippen LogP contribution in [0.25, 0.3) is 0 Å². The van der Waals surface area contributed by atoms with Gasteiger partial charge in [0.25, 0.3) is 5.91 Å². The molecule has 1 aliphatic heterocycles. The molecule has 4 aromatic rings. The molecular formula is C29H23N5O3S. The fourth-order valence-corrected chi connectivity index (χ4v) is 6.99. The molecule has 9 heteroatoms. The van der Waals surface area contributed by atoms with Crippen molar-refractivity contribution in [1.82, 2.24) is 10.4 Å². The summed E-state index contributed by atoms with van der Waals surface area (Å²) in [4.78, 5) is 32.3. The number of hydrogen-bond acceptors (Lipinski definition) is 7. The van der Waals surface area contributed by atoms with Crippen LogP contribution in [0, 0.1) is 18.8 Å². The van der Waals surface area contributed by atoms with Gasteiger partial charge in [0, 0.05) is 11.8 Å². The Kier molecular flexibility index (Phi) is 5.16. The van der Waals surface area contributed by atoms with Gasteiger partial charge in [0.05, 0.1) is 30.3 Å². The summed E-state index contributed by atoms with van der Waals surface area (Å²) in [7, 11) is 1.61. The molecule has 1 aromatic heterocycles. The van der Waals surface area contributed by atoms with Gasteiger partial charge in [0.15, 0.2) is 5.00 Å². The van der Waals surface area contributed by atoms with Crippen molar-refractivity contribution in [3.63, 3.8) is 0 Å². The van der Waals surface area contributed by atoms with Gasteiger partial charge in [-0.15, -0.1) is 10.2 Å². The summed E-state index contributed by atoms with van der Waals surface area (Å²) in [5, 5.41) is 10.9. The summed E-state index contributed by atoms with van der Waals surface area (Å²) in [6.07, 6.45) is 0. The number of rotatable bonds is 4. The number of nitrogens with zero attached hydrogens (tertiary/aromatic N) is 4. The first-order valence-electron chi connectivity index (χ1n) is 12.4. The average Bonchev–Trinajstić information content (AvgIpc) is 3.33. The second-order valence-electron chi connectivity index (χ2n) is 9.70. The van der Waals surface area contributed by atoms with Crippen LogP contribution in [0.1, 0.15) is 39.8 Å². The first-order chi connectivity index (χ1) is 18.5. The van der Waals surface area contributed by atoms with Gasteiger partial charge in [-0.2, -0.15) is 5.01 Å². The number of carbonyl (C=O) groups excluding carboxylic acids is 2. The van der Waals surface area contributed by atoms with Gasteiger partial charge in [-0.3, -0.25) is 15.0 Å². The molecule has 2 atom stereocenters. The van der Waals surface area contributed by atoms with E-state index in [0.717, 1.165) is 28.0 Å². The summed E-state index contributed by atoms with van der Waals surface area (Å²) in [5.74, 6) is -0.900. The van der Waals surface area contributed by atoms with Crippen LogP contribution in [0.5, 0.6) is 5.75 Å². The summed E-state index contributed by atoms with van der Waals surface area (Å²) in [5.41, 5.74) is 8.70. The van der Waals surface area contributed by atoms with Crippen LogP contribution in [-0.2, 0) is 9.59 Å². The largest absolute Gasteiger partial charge is 0.497 e. The van der Waals surface area contributed by atoms with E-state index in [-0.39, 0.29) is 23.7 Å². The second kappa shape index (κ2) is 8.59. The van der Waals surface area contributed by atoms with Crippen molar-refractivity contribution in [2.24, 2.45) is 22.1 Å². The van der Waals surface area contributed by atoms with Crippen LogP contribution in [0.2, 0.25) is 0 Å². The molecule has 188 valence electrons. The lowest BCUT2D eigenvalue weighted by atomic mass is 9.53. The first-order valence-corrected chi connectivity index (χ1v) is 13.2. The first kappa shape index (κ1) is 22.8. The van der Waals surface area contributed by atoms with Crippen molar-refractivity contribution < 1.29 is 14.3 Å². The number of aryl methyl sites for hydroxylation is 1. The summed E-state index contributed by atoms with van der Waals surface area (Å²) < 4.78 is 5.18. The molecule has 2 unspecified atom stereocenters. The van der Waals surface area contributed by atoms with Crippen LogP contribution in [0.3, 0.4) is 0 Å². The van der Waals surface area contributed by atoms with E-state index in [9.17, 15) is 9.59 Å². The molecule has 0 radical (unpaired) electrons. The lowest BCUT2D eigenvalue weighted by Crippen LogP contribution is -2.64. The van der Waals surface area contributed by atoms with Crippen molar-refractivity contribution in [1.29, 1.82) is 0 Å². The molecule has 2 heterocycles. The summed E-state index contributed by atoms with van der Waals surface area (Å²) in [6, 6.07) is 23.6. The van der Waals surface area contributed by atoms with Gasteiger partial charge < -0.3 is 4.74 Å². The zero-order valence-corrected chi connectivity index (χ0v) is 21.5. The third-order valence-corrected chi connectivity index (χ3v) is 8.78. The quantitative estimate of drug-likeness (QED) is 0.345. The predicted octanol–water partition coefficient (Wildman–Crippen LogP) is 5.78. The number of ether oxygens (including phenoxy) is 1. The van der Waals surface area contributed by atoms with E-state index in [2.05, 4.69) is 44.9 Å². The van der Waals surface area contributed by atoms with E-state index in [1.54, 1.807) is 7.11 Å². The van der Waals surface area contributed by atoms with Crippen LogP contribution in [0.15, 0.2) is 83.0 Å². The van der Waals surface area contributed by atoms with E-state index < -0.39 is 11.8 Å². The Morgan fingerprint density at radius 3 is 2.00 bits per heavy atom. The van der Waals surface area contributed by atoms with Crippen molar-refractivity contribution in [2.75, 3.05) is 12.1 Å². The van der Waals surface area contributed by atoms with Gasteiger partial charge in [-0.05, 0) is 53.4 Å². The highest BCUT2D eigenvalue weighted by atomic mass is 32.1. The molecule has 8 nitrogen and oxygen atoms in total. The van der Waals surface area contributed by atoms with E-state index in [0.29, 0.717) is 21.5 Å². The Morgan fingerprint density at radius 2 is 1.42 bits per heavy atom. The minimum Gasteiger partial charge on any atom is -0.497 e. The zero-order chi connectivity index (χ0) is 26.0. The highest BCUT2D eigenvalue weighted by Gasteiger charge is 2.58. The average molecular weight is 522 g/mol. The van der Waals surface area contributed by atoms with Crippen LogP contribution in [-0.4, -0.2) is 23.9 Å². The number of hydrogen-bond donors (Lipinski definition) is 1. The second-order valence-corrected chi connectivity index (χ2v) is 10.7. The topological polar surface area (TPSA) is 96.3 Å². The van der Waals surface area contributed by atoms with Gasteiger partial charge in [-0.25, -0.2) is 4.98 Å². The van der Waals surface area contributed by atoms with Gasteiger partial charge in [0.2, 0.25) is 11.0 Å². The molecule has 2 amide bonds. The highest BCUT2D eigenvalue weighted by molar-refractivity contribution is 7.19. The number of benzene rings is 3. The Bertz CT molecular complexity index is 1580. The number of anilines is 1. The molecule has 1 saturated heterocycles. The van der Waals surface area contributed by atoms with Crippen molar-refractivity contribution in [3.05, 3.63) is 101 Å². The predicted molar refractivity (Wildman–Crippen MR) is 143 cm³/mol. The molecule has 2 bridgehead atoms. The van der Waals surface area contributed by atoms with Crippen LogP contribution in [0.4, 0.5) is 15.8 Å². The number of thiazole rings is 1. The van der Waals surface area contributed by atoms with Gasteiger partial charge in [0.1, 0.15) is 5.75 Å². The fourth-order valence-electron chi connectivity index (χ4n) is 6.13. The van der Waals surface area contributed by atoms with Gasteiger partial charge >= 0.3 is 0 Å². The molecule has 4 aliphatic rings. The molecule has 1 fully saturated rings. The van der Waals surface area contributed by atoms with Gasteiger partial charge in [-0.1, -0.05) is 59.9 Å². The summed E-state index contributed by atoms with van der Waals surface area (Å²) >= 11 is 1.22. The third kappa shape index (κ3) is 3.31. The smallest absolute Gasteiger partial charge is 0.252 e. The van der Waals surface area contributed by atoms with E-state index in [4.69, 9.17) is 4.74 Å². The number of aromatic nitrogens is 1. The Labute approximate surface area is 223 Å². The van der Waals surface area contributed by atoms with Crippen LogP contribution >= 0.6 is 11.3 Å². The molecule has 0 spiro atoms. The number of azo groups is 1. The minimum absolute atomic E-state index is 0.152. The Balaban J connectivity index is 1.24. The van der Waals surface area contributed by atoms with E-state index in [1.807, 2.05) is 55.5 Å². The maximum absolute atomic E-state index is 14.1. The van der Waals surface area contributed by atoms with Crippen molar-refractivity contribution in [2.45, 2.75) is 18.8 Å². The standard InChI is InChI=1S/C29H23N5O3S/c1-15-27(32-31-16-11-13-17(37-2)14-12-16)38-29(30-15)34-28(36)25-23-20-9-5-3-7-18(20)22(24(25)26(35)33-34)19-8-4-6-10-21(19)23/h3-14,22-25H,1-2H3,(H,33,35). The molecule has 1 N–H and O–H groups in total. The van der Waals surface area contributed by atoms with Crippen molar-refractivity contribution in [3.8, 4) is 5.75 Å². The molecule has 0 saturated carbocycles. The highest BCUT2D eigenvalue weighted by Crippen LogP contribution is 2.59. The fraction of sp³-hybridized carbons (Fsp3) is 0.207. The number of nitrogens with one attached hydrogen (secondary N) is 1. The maximum atomic E-state index is 14.1. The molecule has 3 aliphatic carbocycles. The maximum Gasteiger partial charge on any atom is 0.252 e. The number of hydrazine groups is 1. The monoisotopic (exact) mass is 521 g/mol. The number of carbonyl (C=O) groups is 2. The number of amides is 2. The molecule has 3 aromatic carbocycles. The van der Waals surface area contributed by atoms with E-state index >= 15 is 0 Å². The third-order valence-electron chi connectivity index (χ3n) is 7.75.